The Morgan fingerprint density at radius 2 is 0.932 bits per heavy atom. The number of hydrogen-bond acceptors (Lipinski definition) is 7. The van der Waals surface area contributed by atoms with Crippen LogP contribution in [-0.2, 0) is 17.9 Å². The van der Waals surface area contributed by atoms with Crippen LogP contribution in [0.3, 0.4) is 0 Å². The smallest absolute Gasteiger partial charge is 0.261 e. The van der Waals surface area contributed by atoms with E-state index in [0.717, 1.165) is 50.0 Å². The largest absolute Gasteiger partial charge is 0.339 e. The van der Waals surface area contributed by atoms with Gasteiger partial charge in [-0.15, -0.1) is 0 Å². The molecule has 0 aliphatic carbocycles. The third kappa shape index (κ3) is 11.7. The van der Waals surface area contributed by atoms with E-state index in [1.807, 2.05) is 36.4 Å². The molecule has 2 aliphatic heterocycles. The van der Waals surface area contributed by atoms with Gasteiger partial charge < -0.3 is 25.0 Å². The van der Waals surface area contributed by atoms with Gasteiger partial charge in [0.2, 0.25) is 0 Å². The van der Waals surface area contributed by atoms with Crippen LogP contribution in [0.2, 0.25) is 10.0 Å². The molecule has 4 heterocycles. The van der Waals surface area contributed by atoms with E-state index in [4.69, 9.17) is 28.9 Å². The Balaban J connectivity index is 0.000000162. The highest BCUT2D eigenvalue weighted by Crippen LogP contribution is 2.33. The van der Waals surface area contributed by atoms with Gasteiger partial charge in [0.25, 0.3) is 23.6 Å². The van der Waals surface area contributed by atoms with Gasteiger partial charge in [-0.1, -0.05) is 136 Å². The summed E-state index contributed by atoms with van der Waals surface area (Å²) in [5.41, 5.74) is 15.5. The Labute approximate surface area is 436 Å². The number of benzene rings is 6. The molecule has 11 nitrogen and oxygen atoms in total. The SMILES string of the molecule is CC(C)C(N)c1cc2cc(Cl)ccc2n1Cc1ccccc1.CC(C)C(NCCCN1C(=O)c2ccccc2C1=O)c1cc2cc(Cl)ccc2n1Cc1ccccc1.O=CCCN1C(=O)c2ccccc2C1=O. The van der Waals surface area contributed by atoms with Gasteiger partial charge in [-0.25, -0.2) is 0 Å². The van der Waals surface area contributed by atoms with Crippen molar-refractivity contribution in [1.29, 1.82) is 0 Å². The minimum absolute atomic E-state index is 0.00916. The molecule has 2 unspecified atom stereocenters. The highest BCUT2D eigenvalue weighted by atomic mass is 35.5. The van der Waals surface area contributed by atoms with Gasteiger partial charge in [0.15, 0.2) is 0 Å². The lowest BCUT2D eigenvalue weighted by Crippen LogP contribution is -2.34. The molecule has 0 radical (unpaired) electrons. The molecule has 0 saturated heterocycles. The fourth-order valence-corrected chi connectivity index (χ4v) is 9.89. The lowest BCUT2D eigenvalue weighted by atomic mass is 10.00. The normalized spacial score (nSPS) is 13.8. The summed E-state index contributed by atoms with van der Waals surface area (Å²) in [6.45, 7) is 11.6. The van der Waals surface area contributed by atoms with E-state index in [0.29, 0.717) is 59.9 Å². The average Bonchev–Trinajstić information content (AvgIpc) is 4.07. The molecular weight excluding hydrogens is 956 g/mol. The van der Waals surface area contributed by atoms with Gasteiger partial charge >= 0.3 is 0 Å². The van der Waals surface area contributed by atoms with Crippen molar-refractivity contribution in [3.63, 3.8) is 0 Å². The number of imide groups is 2. The van der Waals surface area contributed by atoms with Crippen molar-refractivity contribution in [2.24, 2.45) is 17.6 Å². The first-order chi connectivity index (χ1) is 35.2. The highest BCUT2D eigenvalue weighted by Gasteiger charge is 2.35. The zero-order chi connectivity index (χ0) is 51.8. The summed E-state index contributed by atoms with van der Waals surface area (Å²) in [6.07, 6.45) is 1.56. The van der Waals surface area contributed by atoms with E-state index in [1.165, 1.54) is 27.2 Å². The summed E-state index contributed by atoms with van der Waals surface area (Å²) >= 11 is 12.5. The zero-order valence-corrected chi connectivity index (χ0v) is 43.0. The molecule has 4 amide bonds. The standard InChI is InChI=1S/C30H30ClN3O2.C19H21ClN2.C11H9NO3/c1-20(2)28(32-15-8-16-33-29(35)24-11-6-7-12-25(24)30(33)36)27-18-22-17-23(31)13-14-26(22)34(27)19-21-9-4-3-5-10-21;1-13(2)19(21)18-11-15-10-16(20)8-9-17(15)22(18)12-14-6-4-3-5-7-14;13-7-3-6-12-10(14)8-4-1-2-5-9(8)11(12)15/h3-7,9-14,17-18,20,28,32H,8,15-16,19H2,1-2H3;3-11,13,19H,12,21H2,1-2H3;1-2,4-5,7H,3,6H2. The molecule has 374 valence electrons. The maximum Gasteiger partial charge on any atom is 0.261 e. The lowest BCUT2D eigenvalue weighted by molar-refractivity contribution is -0.107. The molecule has 13 heteroatoms. The van der Waals surface area contributed by atoms with Crippen LogP contribution in [0.4, 0.5) is 0 Å². The number of halogens is 2. The summed E-state index contributed by atoms with van der Waals surface area (Å²) in [7, 11) is 0. The number of rotatable bonds is 16. The first kappa shape index (κ1) is 52.2. The Morgan fingerprint density at radius 3 is 1.36 bits per heavy atom. The van der Waals surface area contributed by atoms with Gasteiger partial charge in [0, 0.05) is 87.9 Å². The molecular formula is C60H60Cl2N6O5. The molecule has 10 rings (SSSR count). The van der Waals surface area contributed by atoms with Crippen LogP contribution in [-0.4, -0.2) is 68.5 Å². The maximum absolute atomic E-state index is 12.7. The van der Waals surface area contributed by atoms with Crippen LogP contribution >= 0.6 is 23.2 Å². The molecule has 0 fully saturated rings. The van der Waals surface area contributed by atoms with E-state index in [2.05, 4.69) is 115 Å². The van der Waals surface area contributed by atoms with Crippen molar-refractivity contribution in [1.82, 2.24) is 24.3 Å². The van der Waals surface area contributed by atoms with Crippen molar-refractivity contribution >= 4 is 74.9 Å². The predicted octanol–water partition coefficient (Wildman–Crippen LogP) is 12.2. The van der Waals surface area contributed by atoms with Gasteiger partial charge in [-0.05, 0) is 109 Å². The van der Waals surface area contributed by atoms with Gasteiger partial charge in [-0.3, -0.25) is 29.0 Å². The number of fused-ring (bicyclic) bond motifs is 4. The second-order valence-electron chi connectivity index (χ2n) is 19.1. The van der Waals surface area contributed by atoms with Crippen LogP contribution < -0.4 is 11.1 Å². The number of nitrogens with two attached hydrogens (primary N) is 1. The average molecular weight is 1020 g/mol. The second-order valence-corrected chi connectivity index (χ2v) is 19.9. The van der Waals surface area contributed by atoms with E-state index in [1.54, 1.807) is 48.5 Å². The summed E-state index contributed by atoms with van der Waals surface area (Å²) in [5.74, 6) is -0.297. The topological polar surface area (TPSA) is 140 Å². The molecule has 0 spiro atoms. The monoisotopic (exact) mass is 1010 g/mol. The molecule has 2 aliphatic rings. The van der Waals surface area contributed by atoms with Gasteiger partial charge in [0.1, 0.15) is 6.29 Å². The Bertz CT molecular complexity index is 3210. The molecule has 2 aromatic heterocycles. The van der Waals surface area contributed by atoms with Crippen LogP contribution in [0, 0.1) is 11.8 Å². The zero-order valence-electron chi connectivity index (χ0n) is 41.5. The van der Waals surface area contributed by atoms with Gasteiger partial charge in [0.05, 0.1) is 22.3 Å². The van der Waals surface area contributed by atoms with Crippen molar-refractivity contribution in [3.8, 4) is 0 Å². The summed E-state index contributed by atoms with van der Waals surface area (Å²) < 4.78 is 4.68. The van der Waals surface area contributed by atoms with Crippen LogP contribution in [0.15, 0.2) is 158 Å². The number of carbonyl (C=O) groups is 5. The summed E-state index contributed by atoms with van der Waals surface area (Å²) in [4.78, 5) is 61.4. The molecule has 0 bridgehead atoms. The number of hydrogen-bond donors (Lipinski definition) is 2. The van der Waals surface area contributed by atoms with Crippen LogP contribution in [0.5, 0.6) is 0 Å². The molecule has 0 saturated carbocycles. The third-order valence-electron chi connectivity index (χ3n) is 13.4. The quantitative estimate of drug-likeness (QED) is 0.0558. The first-order valence-electron chi connectivity index (χ1n) is 24.7. The van der Waals surface area contributed by atoms with E-state index < -0.39 is 0 Å². The van der Waals surface area contributed by atoms with Crippen LogP contribution in [0.1, 0.15) is 117 Å². The lowest BCUT2D eigenvalue weighted by Gasteiger charge is -2.25. The number of carbonyl (C=O) groups excluding carboxylic acids is 5. The van der Waals surface area contributed by atoms with E-state index in [9.17, 15) is 24.0 Å². The van der Waals surface area contributed by atoms with Gasteiger partial charge in [-0.2, -0.15) is 0 Å². The minimum atomic E-state index is -0.308. The Kier molecular flexibility index (Phi) is 16.9. The molecule has 2 atom stereocenters. The minimum Gasteiger partial charge on any atom is -0.339 e. The second kappa shape index (κ2) is 23.6. The maximum atomic E-state index is 12.7. The molecule has 8 aromatic rings. The summed E-state index contributed by atoms with van der Waals surface area (Å²) in [5, 5.41) is 7.46. The Hall–Kier alpha value is -7.15. The van der Waals surface area contributed by atoms with E-state index in [-0.39, 0.29) is 48.7 Å². The van der Waals surface area contributed by atoms with Crippen molar-refractivity contribution < 1.29 is 24.0 Å². The van der Waals surface area contributed by atoms with Crippen molar-refractivity contribution in [2.75, 3.05) is 19.6 Å². The number of aromatic nitrogens is 2. The fourth-order valence-electron chi connectivity index (χ4n) is 9.53. The molecule has 6 aromatic carbocycles. The van der Waals surface area contributed by atoms with Crippen LogP contribution in [0.25, 0.3) is 21.8 Å². The molecule has 3 N–H and O–H groups in total. The first-order valence-corrected chi connectivity index (χ1v) is 25.5. The number of nitrogens with zero attached hydrogens (tertiary/aromatic N) is 4. The third-order valence-corrected chi connectivity index (χ3v) is 13.8. The predicted molar refractivity (Wildman–Crippen MR) is 291 cm³/mol. The summed E-state index contributed by atoms with van der Waals surface area (Å²) in [6, 6.07) is 51.2. The Morgan fingerprint density at radius 1 is 0.521 bits per heavy atom. The number of aldehydes is 1. The fraction of sp³-hybridized carbons (Fsp3) is 0.250. The number of amides is 4. The highest BCUT2D eigenvalue weighted by molar-refractivity contribution is 6.31. The number of nitrogens with one attached hydrogen (secondary N) is 1. The van der Waals surface area contributed by atoms with E-state index >= 15 is 0 Å². The molecule has 73 heavy (non-hydrogen) atoms. The van der Waals surface area contributed by atoms with Crippen molar-refractivity contribution in [3.05, 3.63) is 213 Å². The van der Waals surface area contributed by atoms with Crippen molar-refractivity contribution in [2.45, 2.75) is 65.7 Å².